The number of thioether (sulfide) groups is 1. The number of alkyl carbamates (subject to hydrolysis) is 1. The number of hydrogen-bond acceptors (Lipinski definition) is 8. The molecule has 4 amide bonds. The fourth-order valence-electron chi connectivity index (χ4n) is 5.97. The summed E-state index contributed by atoms with van der Waals surface area (Å²) in [5.41, 5.74) is 5.50. The van der Waals surface area contributed by atoms with Gasteiger partial charge in [0.2, 0.25) is 17.7 Å². The van der Waals surface area contributed by atoms with Gasteiger partial charge in [-0.1, -0.05) is 91.0 Å². The lowest BCUT2D eigenvalue weighted by atomic mass is 9.98. The zero-order valence-corrected chi connectivity index (χ0v) is 29.2. The van der Waals surface area contributed by atoms with Crippen LogP contribution in [0.5, 0.6) is 5.75 Å². The number of amides is 4. The Morgan fingerprint density at radius 3 is 1.85 bits per heavy atom. The Bertz CT molecular complexity index is 1840. The molecule has 1 aliphatic carbocycles. The van der Waals surface area contributed by atoms with Gasteiger partial charge in [-0.25, -0.2) is 9.59 Å². The number of carboxylic acid groups (broad SMARTS) is 1. The summed E-state index contributed by atoms with van der Waals surface area (Å²) in [6, 6.07) is 27.0. The summed E-state index contributed by atoms with van der Waals surface area (Å²) < 4.78 is 5.72. The highest BCUT2D eigenvalue weighted by atomic mass is 32.2. The number of ether oxygens (including phenoxy) is 1. The van der Waals surface area contributed by atoms with Crippen molar-refractivity contribution in [2.24, 2.45) is 0 Å². The molecule has 0 aromatic heterocycles. The van der Waals surface area contributed by atoms with Crippen LogP contribution in [-0.2, 0) is 36.8 Å². The number of carbonyl (C=O) groups is 5. The summed E-state index contributed by atoms with van der Waals surface area (Å²) in [5, 5.41) is 30.0. The lowest BCUT2D eigenvalue weighted by Crippen LogP contribution is -2.57. The molecule has 0 fully saturated rings. The van der Waals surface area contributed by atoms with Crippen molar-refractivity contribution >= 4 is 41.5 Å². The summed E-state index contributed by atoms with van der Waals surface area (Å²) in [7, 11) is 0. The summed E-state index contributed by atoms with van der Waals surface area (Å²) >= 11 is 1.15. The first-order valence-corrected chi connectivity index (χ1v) is 17.8. The number of hydrogen-bond donors (Lipinski definition) is 6. The number of carboxylic acids is 1. The van der Waals surface area contributed by atoms with E-state index in [-0.39, 0.29) is 48.7 Å². The third-order valence-corrected chi connectivity index (χ3v) is 9.48. The van der Waals surface area contributed by atoms with Crippen LogP contribution in [0.25, 0.3) is 11.1 Å². The molecule has 0 bridgehead atoms. The Kier molecular flexibility index (Phi) is 12.9. The van der Waals surface area contributed by atoms with Gasteiger partial charge < -0.3 is 36.2 Å². The van der Waals surface area contributed by atoms with Crippen molar-refractivity contribution in [3.8, 4) is 16.9 Å². The molecular weight excluding hydrogens is 685 g/mol. The van der Waals surface area contributed by atoms with Gasteiger partial charge >= 0.3 is 12.1 Å². The van der Waals surface area contributed by atoms with Gasteiger partial charge in [0.1, 0.15) is 30.5 Å². The van der Waals surface area contributed by atoms with Crippen LogP contribution in [0.4, 0.5) is 4.79 Å². The Morgan fingerprint density at radius 1 is 0.692 bits per heavy atom. The minimum absolute atomic E-state index is 0.00961. The minimum Gasteiger partial charge on any atom is -0.508 e. The molecule has 4 aromatic rings. The molecule has 5 rings (SSSR count). The normalized spacial score (nSPS) is 13.4. The van der Waals surface area contributed by atoms with Crippen molar-refractivity contribution < 1.29 is 38.9 Å². The van der Waals surface area contributed by atoms with Gasteiger partial charge in [0.05, 0.1) is 5.88 Å². The second-order valence-corrected chi connectivity index (χ2v) is 13.3. The molecule has 0 unspecified atom stereocenters. The summed E-state index contributed by atoms with van der Waals surface area (Å²) in [6.45, 7) is 1.37. The minimum atomic E-state index is -1.35. The monoisotopic (exact) mass is 724 g/mol. The highest BCUT2D eigenvalue weighted by Crippen LogP contribution is 2.44. The molecular formula is C39H40N4O8S. The van der Waals surface area contributed by atoms with Gasteiger partial charge in [-0.2, -0.15) is 0 Å². The number of carbonyl (C=O) groups excluding carboxylic acids is 4. The van der Waals surface area contributed by atoms with Gasteiger partial charge in [0.15, 0.2) is 0 Å². The molecule has 0 radical (unpaired) electrons. The van der Waals surface area contributed by atoms with Gasteiger partial charge in [-0.15, -0.1) is 11.8 Å². The average Bonchev–Trinajstić information content (AvgIpc) is 3.46. The Morgan fingerprint density at radius 2 is 1.23 bits per heavy atom. The van der Waals surface area contributed by atoms with E-state index in [9.17, 15) is 34.2 Å². The molecule has 270 valence electrons. The van der Waals surface area contributed by atoms with Gasteiger partial charge in [-0.3, -0.25) is 14.4 Å². The highest BCUT2D eigenvalue weighted by Gasteiger charge is 2.32. The van der Waals surface area contributed by atoms with Crippen molar-refractivity contribution in [3.63, 3.8) is 0 Å². The number of benzene rings is 4. The van der Waals surface area contributed by atoms with Crippen molar-refractivity contribution in [2.45, 2.75) is 43.8 Å². The molecule has 13 heteroatoms. The Hall–Kier alpha value is -5.82. The van der Waals surface area contributed by atoms with E-state index < -0.39 is 42.0 Å². The number of fused-ring (bicyclic) bond motifs is 3. The van der Waals surface area contributed by atoms with E-state index in [1.54, 1.807) is 36.4 Å². The number of phenolic OH excluding ortho intramolecular Hbond substituents is 1. The number of nitrogens with one attached hydrogen (secondary N) is 4. The van der Waals surface area contributed by atoms with Crippen LogP contribution >= 0.6 is 11.8 Å². The van der Waals surface area contributed by atoms with Crippen LogP contribution in [0.3, 0.4) is 0 Å². The fourth-order valence-corrected chi connectivity index (χ4v) is 6.86. The zero-order valence-electron chi connectivity index (χ0n) is 28.4. The van der Waals surface area contributed by atoms with Crippen LogP contribution in [-0.4, -0.2) is 76.4 Å². The number of phenols is 1. The molecule has 12 nitrogen and oxygen atoms in total. The zero-order chi connectivity index (χ0) is 37.0. The first kappa shape index (κ1) is 37.4. The van der Waals surface area contributed by atoms with Crippen molar-refractivity contribution in [1.29, 1.82) is 0 Å². The molecule has 1 aliphatic rings. The van der Waals surface area contributed by atoms with E-state index in [4.69, 9.17) is 4.74 Å². The topological polar surface area (TPSA) is 183 Å². The smallest absolute Gasteiger partial charge is 0.407 e. The van der Waals surface area contributed by atoms with E-state index in [2.05, 4.69) is 21.3 Å². The molecule has 0 saturated heterocycles. The van der Waals surface area contributed by atoms with E-state index in [1.165, 1.54) is 19.1 Å². The standard InChI is InChI=1S/C39H40N4O8S/c1-24(44)40-23-52-22-35(37(47)41-34(38(48)49)20-26-15-17-27(45)18-16-26)42-36(46)33(19-25-9-3-2-4-10-25)43-39(50)51-21-32-30-13-7-5-11-28(30)29-12-6-8-14-31(29)32/h2-18,32-35,45H,19-23H2,1H3,(H,40,44)(H,41,47)(H,42,46)(H,43,50)(H,48,49)/t33-,34+,35+/m1/s1. The second-order valence-electron chi connectivity index (χ2n) is 12.3. The summed E-state index contributed by atoms with van der Waals surface area (Å²) in [5.74, 6) is -3.11. The molecule has 3 atom stereocenters. The van der Waals surface area contributed by atoms with Crippen LogP contribution in [0.2, 0.25) is 0 Å². The Labute approximate surface area is 305 Å². The number of aromatic hydroxyl groups is 1. The maximum Gasteiger partial charge on any atom is 0.407 e. The molecule has 0 aliphatic heterocycles. The third-order valence-electron chi connectivity index (χ3n) is 8.57. The molecule has 0 spiro atoms. The van der Waals surface area contributed by atoms with Gasteiger partial charge in [-0.05, 0) is 45.5 Å². The highest BCUT2D eigenvalue weighted by molar-refractivity contribution is 7.99. The Balaban J connectivity index is 1.30. The molecule has 6 N–H and O–H groups in total. The molecule has 52 heavy (non-hydrogen) atoms. The van der Waals surface area contributed by atoms with Crippen molar-refractivity contribution in [1.82, 2.24) is 21.3 Å². The molecule has 0 heterocycles. The SMILES string of the molecule is CC(=O)NCSC[C@H](NC(=O)[C@@H](Cc1ccccc1)NC(=O)OCC1c2ccccc2-c2ccccc21)C(=O)N[C@@H](Cc1ccc(O)cc1)C(=O)O. The average molecular weight is 725 g/mol. The van der Waals surface area contributed by atoms with E-state index >= 15 is 0 Å². The van der Waals surface area contributed by atoms with Crippen molar-refractivity contribution in [2.75, 3.05) is 18.2 Å². The maximum absolute atomic E-state index is 13.9. The maximum atomic E-state index is 13.9. The predicted molar refractivity (Wildman–Crippen MR) is 197 cm³/mol. The number of rotatable bonds is 16. The summed E-state index contributed by atoms with van der Waals surface area (Å²) in [4.78, 5) is 64.4. The van der Waals surface area contributed by atoms with E-state index in [0.717, 1.165) is 39.6 Å². The summed E-state index contributed by atoms with van der Waals surface area (Å²) in [6.07, 6.45) is -0.831. The lowest BCUT2D eigenvalue weighted by molar-refractivity contribution is -0.142. The van der Waals surface area contributed by atoms with Gasteiger partial charge in [0.25, 0.3) is 0 Å². The van der Waals surface area contributed by atoms with E-state index in [0.29, 0.717) is 5.56 Å². The van der Waals surface area contributed by atoms with Gasteiger partial charge in [0, 0.05) is 31.4 Å². The lowest BCUT2D eigenvalue weighted by Gasteiger charge is -2.25. The first-order valence-electron chi connectivity index (χ1n) is 16.7. The van der Waals surface area contributed by atoms with Crippen LogP contribution in [0.15, 0.2) is 103 Å². The second kappa shape index (κ2) is 17.9. The largest absolute Gasteiger partial charge is 0.508 e. The van der Waals surface area contributed by atoms with Crippen LogP contribution in [0.1, 0.15) is 35.1 Å². The molecule has 4 aromatic carbocycles. The quantitative estimate of drug-likeness (QED) is 0.0736. The van der Waals surface area contributed by atoms with Crippen LogP contribution < -0.4 is 21.3 Å². The first-order chi connectivity index (χ1) is 25.1. The van der Waals surface area contributed by atoms with E-state index in [1.807, 2.05) is 54.6 Å². The van der Waals surface area contributed by atoms with Crippen molar-refractivity contribution in [3.05, 3.63) is 125 Å². The number of aliphatic carboxylic acids is 1. The predicted octanol–water partition coefficient (Wildman–Crippen LogP) is 3.97. The molecule has 0 saturated carbocycles. The fraction of sp³-hybridized carbons (Fsp3) is 0.256. The van der Waals surface area contributed by atoms with Crippen LogP contribution in [0, 0.1) is 0 Å². The third kappa shape index (κ3) is 10.1.